The lowest BCUT2D eigenvalue weighted by molar-refractivity contribution is -0.384. The molecule has 0 aliphatic heterocycles. The van der Waals surface area contributed by atoms with Crippen molar-refractivity contribution in [1.29, 1.82) is 0 Å². The maximum Gasteiger partial charge on any atom is 0.269 e. The molecule has 0 unspecified atom stereocenters. The molecule has 112 valence electrons. The SMILES string of the molecule is C/C(=N/NC(=O)Cc1ccc([N+](=O)[O-])cc1)c1cccnc1. The van der Waals surface area contributed by atoms with Gasteiger partial charge in [-0.25, -0.2) is 5.43 Å². The van der Waals surface area contributed by atoms with Crippen molar-refractivity contribution in [3.63, 3.8) is 0 Å². The smallest absolute Gasteiger partial charge is 0.269 e. The van der Waals surface area contributed by atoms with E-state index in [0.717, 1.165) is 5.56 Å². The molecule has 1 N–H and O–H groups in total. The van der Waals surface area contributed by atoms with E-state index in [9.17, 15) is 14.9 Å². The third-order valence-electron chi connectivity index (χ3n) is 2.94. The highest BCUT2D eigenvalue weighted by Gasteiger charge is 2.07. The van der Waals surface area contributed by atoms with Gasteiger partial charge in [-0.2, -0.15) is 5.10 Å². The zero-order valence-corrected chi connectivity index (χ0v) is 11.9. The first-order valence-electron chi connectivity index (χ1n) is 6.53. The topological polar surface area (TPSA) is 97.5 Å². The number of carbonyl (C=O) groups excluding carboxylic acids is 1. The lowest BCUT2D eigenvalue weighted by Gasteiger charge is -2.03. The molecule has 0 bridgehead atoms. The summed E-state index contributed by atoms with van der Waals surface area (Å²) in [6.07, 6.45) is 3.41. The fourth-order valence-electron chi connectivity index (χ4n) is 1.75. The van der Waals surface area contributed by atoms with Gasteiger partial charge in [-0.05, 0) is 18.6 Å². The second kappa shape index (κ2) is 7.07. The third-order valence-corrected chi connectivity index (χ3v) is 2.94. The first-order chi connectivity index (χ1) is 10.6. The molecule has 0 aliphatic rings. The van der Waals surface area contributed by atoms with Crippen molar-refractivity contribution in [2.24, 2.45) is 5.10 Å². The molecule has 0 radical (unpaired) electrons. The third kappa shape index (κ3) is 4.20. The minimum absolute atomic E-state index is 0.00500. The molecule has 1 heterocycles. The number of nitro groups is 1. The van der Waals surface area contributed by atoms with Crippen LogP contribution in [0.5, 0.6) is 0 Å². The molecule has 7 heteroatoms. The van der Waals surface area contributed by atoms with Crippen LogP contribution < -0.4 is 5.43 Å². The summed E-state index contributed by atoms with van der Waals surface area (Å²) < 4.78 is 0. The Bertz CT molecular complexity index is 696. The Balaban J connectivity index is 1.94. The van der Waals surface area contributed by atoms with Crippen molar-refractivity contribution in [3.8, 4) is 0 Å². The van der Waals surface area contributed by atoms with Gasteiger partial charge in [0.2, 0.25) is 5.91 Å². The maximum absolute atomic E-state index is 11.8. The number of non-ortho nitro benzene ring substituents is 1. The summed E-state index contributed by atoms with van der Waals surface area (Å²) in [6, 6.07) is 9.46. The Labute approximate surface area is 126 Å². The van der Waals surface area contributed by atoms with Crippen LogP contribution >= 0.6 is 0 Å². The average molecular weight is 298 g/mol. The van der Waals surface area contributed by atoms with E-state index in [0.29, 0.717) is 11.3 Å². The molecular weight excluding hydrogens is 284 g/mol. The van der Waals surface area contributed by atoms with E-state index < -0.39 is 4.92 Å². The zero-order chi connectivity index (χ0) is 15.9. The Morgan fingerprint density at radius 3 is 2.64 bits per heavy atom. The molecule has 2 aromatic rings. The van der Waals surface area contributed by atoms with Crippen LogP contribution in [0, 0.1) is 10.1 Å². The summed E-state index contributed by atoms with van der Waals surface area (Å²) in [5.74, 6) is -0.294. The van der Waals surface area contributed by atoms with E-state index in [1.807, 2.05) is 6.07 Å². The Morgan fingerprint density at radius 2 is 2.05 bits per heavy atom. The summed E-state index contributed by atoms with van der Waals surface area (Å²) in [5.41, 5.74) is 4.59. The molecule has 2 rings (SSSR count). The number of nitrogens with one attached hydrogen (secondary N) is 1. The van der Waals surface area contributed by atoms with Crippen LogP contribution in [0.2, 0.25) is 0 Å². The van der Waals surface area contributed by atoms with Gasteiger partial charge >= 0.3 is 0 Å². The van der Waals surface area contributed by atoms with Gasteiger partial charge in [-0.1, -0.05) is 18.2 Å². The van der Waals surface area contributed by atoms with Crippen LogP contribution in [-0.4, -0.2) is 21.5 Å². The Morgan fingerprint density at radius 1 is 1.32 bits per heavy atom. The average Bonchev–Trinajstić information content (AvgIpc) is 2.54. The largest absolute Gasteiger partial charge is 0.273 e. The molecule has 1 amide bonds. The maximum atomic E-state index is 11.8. The number of hydrogen-bond acceptors (Lipinski definition) is 5. The summed E-state index contributed by atoms with van der Waals surface area (Å²) in [7, 11) is 0. The molecule has 0 saturated carbocycles. The van der Waals surface area contributed by atoms with Crippen LogP contribution in [0.1, 0.15) is 18.1 Å². The zero-order valence-electron chi connectivity index (χ0n) is 11.9. The highest BCUT2D eigenvalue weighted by atomic mass is 16.6. The van der Waals surface area contributed by atoms with Crippen LogP contribution in [0.25, 0.3) is 0 Å². The summed E-state index contributed by atoms with van der Waals surface area (Å²) in [4.78, 5) is 25.8. The fraction of sp³-hybridized carbons (Fsp3) is 0.133. The van der Waals surface area contributed by atoms with Crippen molar-refractivity contribution < 1.29 is 9.72 Å². The normalized spacial score (nSPS) is 11.0. The van der Waals surface area contributed by atoms with E-state index >= 15 is 0 Å². The van der Waals surface area contributed by atoms with Gasteiger partial charge in [0.25, 0.3) is 5.69 Å². The van der Waals surface area contributed by atoms with Crippen LogP contribution in [-0.2, 0) is 11.2 Å². The Hall–Kier alpha value is -3.09. The van der Waals surface area contributed by atoms with E-state index in [4.69, 9.17) is 0 Å². The van der Waals surface area contributed by atoms with Gasteiger partial charge in [0.15, 0.2) is 0 Å². The standard InChI is InChI=1S/C15H14N4O3/c1-11(13-3-2-8-16-10-13)17-18-15(20)9-12-4-6-14(7-5-12)19(21)22/h2-8,10H,9H2,1H3,(H,18,20)/b17-11-. The monoisotopic (exact) mass is 298 g/mol. The van der Waals surface area contributed by atoms with Crippen molar-refractivity contribution >= 4 is 17.3 Å². The highest BCUT2D eigenvalue weighted by Crippen LogP contribution is 2.12. The van der Waals surface area contributed by atoms with Crippen molar-refractivity contribution in [3.05, 3.63) is 70.0 Å². The summed E-state index contributed by atoms with van der Waals surface area (Å²) in [5, 5.41) is 14.6. The molecule has 1 aromatic carbocycles. The quantitative estimate of drug-likeness (QED) is 0.519. The second-order valence-electron chi connectivity index (χ2n) is 4.57. The molecule has 0 spiro atoms. The summed E-state index contributed by atoms with van der Waals surface area (Å²) in [6.45, 7) is 1.77. The summed E-state index contributed by atoms with van der Waals surface area (Å²) >= 11 is 0. The first kappa shape index (κ1) is 15.3. The molecular formula is C15H14N4O3. The minimum Gasteiger partial charge on any atom is -0.273 e. The van der Waals surface area contributed by atoms with Gasteiger partial charge in [-0.3, -0.25) is 19.9 Å². The molecule has 7 nitrogen and oxygen atoms in total. The number of carbonyl (C=O) groups is 1. The van der Waals surface area contributed by atoms with E-state index in [1.54, 1.807) is 37.5 Å². The van der Waals surface area contributed by atoms with Gasteiger partial charge < -0.3 is 0 Å². The van der Waals surface area contributed by atoms with Gasteiger partial charge in [0, 0.05) is 30.1 Å². The van der Waals surface area contributed by atoms with Crippen molar-refractivity contribution in [2.45, 2.75) is 13.3 Å². The molecule has 22 heavy (non-hydrogen) atoms. The number of amides is 1. The predicted molar refractivity (Wildman–Crippen MR) is 81.4 cm³/mol. The number of nitro benzene ring substituents is 1. The molecule has 0 fully saturated rings. The number of pyridine rings is 1. The molecule has 0 saturated heterocycles. The minimum atomic E-state index is -0.481. The van der Waals surface area contributed by atoms with Crippen molar-refractivity contribution in [2.75, 3.05) is 0 Å². The molecule has 0 aliphatic carbocycles. The Kier molecular flexibility index (Phi) is 4.92. The fourth-order valence-corrected chi connectivity index (χ4v) is 1.75. The lowest BCUT2D eigenvalue weighted by Crippen LogP contribution is -2.21. The first-order valence-corrected chi connectivity index (χ1v) is 6.53. The predicted octanol–water partition coefficient (Wildman–Crippen LogP) is 2.07. The number of hydrogen-bond donors (Lipinski definition) is 1. The van der Waals surface area contributed by atoms with Gasteiger partial charge in [0.05, 0.1) is 17.1 Å². The number of benzene rings is 1. The van der Waals surface area contributed by atoms with E-state index in [1.165, 1.54) is 12.1 Å². The molecule has 0 atom stereocenters. The second-order valence-corrected chi connectivity index (χ2v) is 4.57. The van der Waals surface area contributed by atoms with Crippen LogP contribution in [0.3, 0.4) is 0 Å². The number of rotatable bonds is 5. The number of aromatic nitrogens is 1. The van der Waals surface area contributed by atoms with E-state index in [-0.39, 0.29) is 18.0 Å². The van der Waals surface area contributed by atoms with Crippen LogP contribution in [0.15, 0.2) is 53.9 Å². The molecule has 1 aromatic heterocycles. The van der Waals surface area contributed by atoms with Gasteiger partial charge in [-0.15, -0.1) is 0 Å². The number of nitrogens with zero attached hydrogens (tertiary/aromatic N) is 3. The van der Waals surface area contributed by atoms with Crippen molar-refractivity contribution in [1.82, 2.24) is 10.4 Å². The van der Waals surface area contributed by atoms with Crippen LogP contribution in [0.4, 0.5) is 5.69 Å². The highest BCUT2D eigenvalue weighted by molar-refractivity contribution is 5.98. The lowest BCUT2D eigenvalue weighted by atomic mass is 10.1. The van der Waals surface area contributed by atoms with Gasteiger partial charge in [0.1, 0.15) is 0 Å². The van der Waals surface area contributed by atoms with E-state index in [2.05, 4.69) is 15.5 Å². The number of hydrazone groups is 1.